The minimum absolute atomic E-state index is 0.0142. The fourth-order valence-corrected chi connectivity index (χ4v) is 6.84. The van der Waals surface area contributed by atoms with Crippen molar-refractivity contribution >= 4 is 14.3 Å². The molecule has 1 aliphatic heterocycles. The molecule has 3 rings (SSSR count). The fourth-order valence-electron chi connectivity index (χ4n) is 5.74. The molecular weight excluding hydrogens is 404 g/mol. The van der Waals surface area contributed by atoms with Gasteiger partial charge in [0.2, 0.25) is 0 Å². The molecule has 0 aromatic rings. The summed E-state index contributed by atoms with van der Waals surface area (Å²) < 4.78 is 11.7. The summed E-state index contributed by atoms with van der Waals surface area (Å²) >= 11 is 0. The molecule has 4 nitrogen and oxygen atoms in total. The van der Waals surface area contributed by atoms with Crippen LogP contribution in [0.25, 0.3) is 0 Å². The first-order valence-corrected chi connectivity index (χ1v) is 14.7. The fraction of sp³-hybridized carbons (Fsp3) is 0.731. The Morgan fingerprint density at radius 1 is 1.32 bits per heavy atom. The third-order valence-electron chi connectivity index (χ3n) is 8.99. The molecule has 0 amide bonds. The Labute approximate surface area is 189 Å². The van der Waals surface area contributed by atoms with Crippen molar-refractivity contribution in [3.8, 4) is 0 Å². The van der Waals surface area contributed by atoms with E-state index < -0.39 is 8.32 Å². The Kier molecular flexibility index (Phi) is 6.56. The average molecular weight is 447 g/mol. The van der Waals surface area contributed by atoms with E-state index in [2.05, 4.69) is 60.4 Å². The van der Waals surface area contributed by atoms with Gasteiger partial charge in [-0.3, -0.25) is 0 Å². The van der Waals surface area contributed by atoms with Gasteiger partial charge in [0.1, 0.15) is 6.61 Å². The molecule has 0 aromatic heterocycles. The van der Waals surface area contributed by atoms with Gasteiger partial charge in [0.25, 0.3) is 0 Å². The SMILES string of the molecule is C=C1CC[C@@H]2[C@](C)(CO[Si](C)(C)C(C)(C)C)[C@H](O)CC[C@@]2(C)[C@@H]1/C=C/C1=CCOC1=O. The second-order valence-corrected chi connectivity index (χ2v) is 16.8. The number of cyclic esters (lactones) is 1. The van der Waals surface area contributed by atoms with Gasteiger partial charge in [-0.25, -0.2) is 4.79 Å². The zero-order chi connectivity index (χ0) is 23.2. The largest absolute Gasteiger partial charge is 0.458 e. The van der Waals surface area contributed by atoms with Crippen molar-refractivity contribution < 1.29 is 19.1 Å². The lowest BCUT2D eigenvalue weighted by Gasteiger charge is -2.60. The molecule has 5 heteroatoms. The van der Waals surface area contributed by atoms with E-state index in [-0.39, 0.29) is 33.9 Å². The van der Waals surface area contributed by atoms with Gasteiger partial charge in [-0.15, -0.1) is 0 Å². The molecule has 0 radical (unpaired) electrons. The van der Waals surface area contributed by atoms with Crippen LogP contribution in [0.1, 0.15) is 60.3 Å². The number of aliphatic hydroxyl groups is 1. The van der Waals surface area contributed by atoms with Crippen molar-refractivity contribution in [1.82, 2.24) is 0 Å². The first kappa shape index (κ1) is 24.5. The van der Waals surface area contributed by atoms with Crippen LogP contribution in [0.4, 0.5) is 0 Å². The molecular formula is C26H42O4Si. The molecule has 2 aliphatic carbocycles. The number of fused-ring (bicyclic) bond motifs is 1. The number of aliphatic hydroxyl groups excluding tert-OH is 1. The Hall–Kier alpha value is -1.17. The number of carbonyl (C=O) groups is 1. The van der Waals surface area contributed by atoms with Crippen molar-refractivity contribution in [2.45, 2.75) is 84.5 Å². The quantitative estimate of drug-likeness (QED) is 0.329. The van der Waals surface area contributed by atoms with Gasteiger partial charge in [0.05, 0.1) is 11.7 Å². The van der Waals surface area contributed by atoms with Gasteiger partial charge in [0, 0.05) is 17.9 Å². The Bertz CT molecular complexity index is 790. The molecule has 1 heterocycles. The van der Waals surface area contributed by atoms with Gasteiger partial charge < -0.3 is 14.3 Å². The zero-order valence-electron chi connectivity index (χ0n) is 20.6. The first-order valence-electron chi connectivity index (χ1n) is 11.8. The van der Waals surface area contributed by atoms with Crippen molar-refractivity contribution in [2.75, 3.05) is 13.2 Å². The molecule has 31 heavy (non-hydrogen) atoms. The molecule has 0 aromatic carbocycles. The number of esters is 1. The third kappa shape index (κ3) is 4.38. The summed E-state index contributed by atoms with van der Waals surface area (Å²) in [5.41, 5.74) is 1.56. The molecule has 3 aliphatic rings. The topological polar surface area (TPSA) is 55.8 Å². The van der Waals surface area contributed by atoms with Crippen LogP contribution in [0.5, 0.6) is 0 Å². The Morgan fingerprint density at radius 2 is 2.00 bits per heavy atom. The lowest BCUT2D eigenvalue weighted by molar-refractivity contribution is -0.143. The maximum absolute atomic E-state index is 11.9. The Morgan fingerprint density at radius 3 is 2.58 bits per heavy atom. The molecule has 0 saturated heterocycles. The van der Waals surface area contributed by atoms with Crippen molar-refractivity contribution in [1.29, 1.82) is 0 Å². The number of allylic oxidation sites excluding steroid dienone is 2. The van der Waals surface area contributed by atoms with E-state index in [1.165, 1.54) is 5.57 Å². The van der Waals surface area contributed by atoms with Crippen LogP contribution in [-0.4, -0.2) is 38.7 Å². The van der Waals surface area contributed by atoms with Gasteiger partial charge in [0.15, 0.2) is 8.32 Å². The van der Waals surface area contributed by atoms with Crippen molar-refractivity contribution in [3.05, 3.63) is 36.0 Å². The lowest BCUT2D eigenvalue weighted by Crippen LogP contribution is -2.58. The first-order chi connectivity index (χ1) is 14.2. The molecule has 0 unspecified atom stereocenters. The predicted molar refractivity (Wildman–Crippen MR) is 128 cm³/mol. The van der Waals surface area contributed by atoms with E-state index in [0.717, 1.165) is 25.7 Å². The summed E-state index contributed by atoms with van der Waals surface area (Å²) in [6, 6.07) is 0. The normalized spacial score (nSPS) is 37.0. The van der Waals surface area contributed by atoms with E-state index >= 15 is 0 Å². The number of rotatable bonds is 5. The molecule has 2 saturated carbocycles. The second kappa shape index (κ2) is 8.31. The molecule has 1 N–H and O–H groups in total. The average Bonchev–Trinajstić information content (AvgIpc) is 3.07. The summed E-state index contributed by atoms with van der Waals surface area (Å²) in [5.74, 6) is 0.268. The van der Waals surface area contributed by atoms with E-state index in [1.54, 1.807) is 0 Å². The maximum atomic E-state index is 11.9. The van der Waals surface area contributed by atoms with Crippen LogP contribution in [-0.2, 0) is 14.0 Å². The predicted octanol–water partition coefficient (Wildman–Crippen LogP) is 5.80. The van der Waals surface area contributed by atoms with Crippen LogP contribution < -0.4 is 0 Å². The summed E-state index contributed by atoms with van der Waals surface area (Å²) in [4.78, 5) is 11.9. The Balaban J connectivity index is 1.88. The van der Waals surface area contributed by atoms with Gasteiger partial charge in [-0.2, -0.15) is 0 Å². The van der Waals surface area contributed by atoms with E-state index in [9.17, 15) is 9.90 Å². The summed E-state index contributed by atoms with van der Waals surface area (Å²) in [5, 5.41) is 11.3. The highest BCUT2D eigenvalue weighted by molar-refractivity contribution is 6.74. The minimum Gasteiger partial charge on any atom is -0.458 e. The number of hydrogen-bond acceptors (Lipinski definition) is 4. The molecule has 174 valence electrons. The van der Waals surface area contributed by atoms with Crippen molar-refractivity contribution in [2.24, 2.45) is 22.7 Å². The number of ether oxygens (including phenoxy) is 1. The van der Waals surface area contributed by atoms with Gasteiger partial charge >= 0.3 is 5.97 Å². The highest BCUT2D eigenvalue weighted by Gasteiger charge is 2.58. The second-order valence-electron chi connectivity index (χ2n) is 12.0. The molecule has 5 atom stereocenters. The summed E-state index contributed by atoms with van der Waals surface area (Å²) in [6.45, 7) is 21.3. The maximum Gasteiger partial charge on any atom is 0.338 e. The van der Waals surface area contributed by atoms with Crippen LogP contribution >= 0.6 is 0 Å². The molecule has 2 fully saturated rings. The van der Waals surface area contributed by atoms with E-state index in [1.807, 2.05) is 12.2 Å². The van der Waals surface area contributed by atoms with Crippen molar-refractivity contribution in [3.63, 3.8) is 0 Å². The lowest BCUT2D eigenvalue weighted by atomic mass is 9.46. The van der Waals surface area contributed by atoms with Crippen LogP contribution in [0.15, 0.2) is 36.0 Å². The minimum atomic E-state index is -1.92. The standard InChI is InChI=1S/C26H42O4Si/c1-18-9-12-21-25(5,20(18)11-10-19-14-16-29-23(19)28)15-13-22(27)26(21,6)17-30-31(7,8)24(2,3)4/h10-11,14,20-22,27H,1,9,12-13,15-17H2,2-8H3/b11-10+/t20-,21+,22-,25+,26+/m1/s1. The highest BCUT2D eigenvalue weighted by atomic mass is 28.4. The van der Waals surface area contributed by atoms with Crippen LogP contribution in [0.3, 0.4) is 0 Å². The van der Waals surface area contributed by atoms with Gasteiger partial charge in [-0.1, -0.05) is 58.9 Å². The number of carbonyl (C=O) groups excluding carboxylic acids is 1. The monoisotopic (exact) mass is 446 g/mol. The van der Waals surface area contributed by atoms with Crippen LogP contribution in [0, 0.1) is 22.7 Å². The molecule has 0 bridgehead atoms. The molecule has 0 spiro atoms. The van der Waals surface area contributed by atoms with E-state index in [0.29, 0.717) is 24.7 Å². The number of hydrogen-bond donors (Lipinski definition) is 1. The smallest absolute Gasteiger partial charge is 0.338 e. The van der Waals surface area contributed by atoms with Gasteiger partial charge in [-0.05, 0) is 61.2 Å². The van der Waals surface area contributed by atoms with Crippen LogP contribution in [0.2, 0.25) is 18.1 Å². The summed E-state index contributed by atoms with van der Waals surface area (Å²) in [7, 11) is -1.92. The zero-order valence-corrected chi connectivity index (χ0v) is 21.6. The highest BCUT2D eigenvalue weighted by Crippen LogP contribution is 2.61. The summed E-state index contributed by atoms with van der Waals surface area (Å²) in [6.07, 6.45) is 9.26. The third-order valence-corrected chi connectivity index (χ3v) is 13.5. The van der Waals surface area contributed by atoms with E-state index in [4.69, 9.17) is 9.16 Å².